The van der Waals surface area contributed by atoms with Crippen LogP contribution in [0.3, 0.4) is 0 Å². The van der Waals surface area contributed by atoms with Crippen LogP contribution in [-0.2, 0) is 4.74 Å². The molecule has 0 amide bonds. The van der Waals surface area contributed by atoms with Crippen LogP contribution in [0, 0.1) is 0 Å². The van der Waals surface area contributed by atoms with Gasteiger partial charge in [-0.25, -0.2) is 4.79 Å². The van der Waals surface area contributed by atoms with E-state index in [0.717, 1.165) is 5.57 Å². The van der Waals surface area contributed by atoms with Crippen molar-refractivity contribution in [3.63, 3.8) is 0 Å². The quantitative estimate of drug-likeness (QED) is 0.492. The molecule has 0 heterocycles. The van der Waals surface area contributed by atoms with E-state index in [4.69, 9.17) is 0 Å². The molecule has 0 bridgehead atoms. The Morgan fingerprint density at radius 3 is 2.88 bits per heavy atom. The topological polar surface area (TPSA) is 58.9 Å². The molecule has 1 aromatic carbocycles. The van der Waals surface area contributed by atoms with Gasteiger partial charge in [0.1, 0.15) is 5.75 Å². The minimum Gasteiger partial charge on any atom is -0.507 e. The van der Waals surface area contributed by atoms with Crippen LogP contribution in [0.15, 0.2) is 35.3 Å². The molecule has 4 heteroatoms. The van der Waals surface area contributed by atoms with Crippen molar-refractivity contribution in [2.45, 2.75) is 6.92 Å². The number of methoxy groups -OCH3 is 1. The Hall–Kier alpha value is -2.10. The predicted octanol–water partition coefficient (Wildman–Crippen LogP) is 2.17. The fourth-order valence-electron chi connectivity index (χ4n) is 1.20. The summed E-state index contributed by atoms with van der Waals surface area (Å²) in [7, 11) is 1.31. The molecule has 0 aromatic heterocycles. The molecule has 1 rings (SSSR count). The van der Waals surface area contributed by atoms with Gasteiger partial charge >= 0.3 is 5.97 Å². The summed E-state index contributed by atoms with van der Waals surface area (Å²) in [5, 5.41) is 9.59. The van der Waals surface area contributed by atoms with Crippen LogP contribution in [-0.4, -0.2) is 30.9 Å². The van der Waals surface area contributed by atoms with Gasteiger partial charge in [-0.1, -0.05) is 12.2 Å². The number of rotatable bonds is 4. The Bertz CT molecular complexity index is 464. The second kappa shape index (κ2) is 5.84. The van der Waals surface area contributed by atoms with E-state index in [1.54, 1.807) is 0 Å². The monoisotopic (exact) mass is 233 g/mol. The number of carbonyl (C=O) groups is 1. The first-order chi connectivity index (χ1) is 8.04. The Labute approximate surface area is 100 Å². The van der Waals surface area contributed by atoms with Gasteiger partial charge in [-0.15, -0.1) is 0 Å². The third kappa shape index (κ3) is 3.75. The van der Waals surface area contributed by atoms with Crippen LogP contribution >= 0.6 is 0 Å². The summed E-state index contributed by atoms with van der Waals surface area (Å²) < 4.78 is 4.59. The van der Waals surface area contributed by atoms with Gasteiger partial charge in [0, 0.05) is 11.8 Å². The van der Waals surface area contributed by atoms with Gasteiger partial charge in [0.05, 0.1) is 19.2 Å². The molecule has 0 aliphatic carbocycles. The molecule has 4 nitrogen and oxygen atoms in total. The van der Waals surface area contributed by atoms with Gasteiger partial charge in [-0.3, -0.25) is 4.99 Å². The Morgan fingerprint density at radius 1 is 1.59 bits per heavy atom. The normalized spacial score (nSPS) is 10.5. The number of hydrogen-bond donors (Lipinski definition) is 1. The number of carbonyl (C=O) groups excluding carboxylic acids is 1. The number of benzene rings is 1. The largest absolute Gasteiger partial charge is 0.507 e. The third-order valence-corrected chi connectivity index (χ3v) is 2.04. The molecule has 0 saturated carbocycles. The van der Waals surface area contributed by atoms with Crippen LogP contribution in [0.25, 0.3) is 0 Å². The molecule has 0 aliphatic heterocycles. The van der Waals surface area contributed by atoms with Crippen LogP contribution in [0.2, 0.25) is 0 Å². The van der Waals surface area contributed by atoms with Crippen LogP contribution < -0.4 is 0 Å². The predicted molar refractivity (Wildman–Crippen MR) is 66.7 cm³/mol. The van der Waals surface area contributed by atoms with Crippen molar-refractivity contribution in [3.8, 4) is 5.75 Å². The van der Waals surface area contributed by atoms with Gasteiger partial charge in [-0.2, -0.15) is 0 Å². The zero-order valence-electron chi connectivity index (χ0n) is 9.93. The smallest absolute Gasteiger partial charge is 0.337 e. The summed E-state index contributed by atoms with van der Waals surface area (Å²) in [6.07, 6.45) is 1.51. The summed E-state index contributed by atoms with van der Waals surface area (Å²) in [6, 6.07) is 4.47. The van der Waals surface area contributed by atoms with Crippen molar-refractivity contribution in [1.29, 1.82) is 0 Å². The highest BCUT2D eigenvalue weighted by Gasteiger charge is 2.07. The molecule has 0 radical (unpaired) electrons. The van der Waals surface area contributed by atoms with Crippen LogP contribution in [0.1, 0.15) is 22.8 Å². The Kier molecular flexibility index (Phi) is 4.46. The Morgan fingerprint density at radius 2 is 2.29 bits per heavy atom. The molecule has 0 aliphatic rings. The van der Waals surface area contributed by atoms with E-state index in [1.807, 2.05) is 6.92 Å². The van der Waals surface area contributed by atoms with E-state index in [-0.39, 0.29) is 5.75 Å². The average molecular weight is 233 g/mol. The van der Waals surface area contributed by atoms with E-state index in [9.17, 15) is 9.90 Å². The second-order valence-corrected chi connectivity index (χ2v) is 3.69. The highest BCUT2D eigenvalue weighted by molar-refractivity contribution is 5.93. The van der Waals surface area contributed by atoms with Crippen molar-refractivity contribution < 1.29 is 14.6 Å². The van der Waals surface area contributed by atoms with Gasteiger partial charge in [-0.05, 0) is 25.1 Å². The molecule has 0 fully saturated rings. The first-order valence-corrected chi connectivity index (χ1v) is 5.10. The minimum absolute atomic E-state index is 0.0723. The molecule has 0 saturated heterocycles. The SMILES string of the molecule is C=C(C)CN=Cc1cc(C(=O)OC)ccc1O. The second-order valence-electron chi connectivity index (χ2n) is 3.69. The lowest BCUT2D eigenvalue weighted by Gasteiger charge is -2.02. The van der Waals surface area contributed by atoms with Crippen molar-refractivity contribution in [2.75, 3.05) is 13.7 Å². The minimum atomic E-state index is -0.445. The molecule has 90 valence electrons. The first kappa shape index (κ1) is 13.0. The number of aromatic hydroxyl groups is 1. The van der Waals surface area contributed by atoms with Crippen LogP contribution in [0.4, 0.5) is 0 Å². The molecular weight excluding hydrogens is 218 g/mol. The van der Waals surface area contributed by atoms with E-state index < -0.39 is 5.97 Å². The fourth-order valence-corrected chi connectivity index (χ4v) is 1.20. The maximum absolute atomic E-state index is 11.3. The fraction of sp³-hybridized carbons (Fsp3) is 0.231. The summed E-state index contributed by atoms with van der Waals surface area (Å²) in [5.41, 5.74) is 1.78. The number of nitrogens with zero attached hydrogens (tertiary/aromatic N) is 1. The van der Waals surface area contributed by atoms with Crippen molar-refractivity contribution >= 4 is 12.2 Å². The molecule has 0 spiro atoms. The Balaban J connectivity index is 2.94. The van der Waals surface area contributed by atoms with E-state index in [0.29, 0.717) is 17.7 Å². The highest BCUT2D eigenvalue weighted by atomic mass is 16.5. The van der Waals surface area contributed by atoms with Crippen molar-refractivity contribution in [2.24, 2.45) is 4.99 Å². The number of esters is 1. The highest BCUT2D eigenvalue weighted by Crippen LogP contribution is 2.17. The average Bonchev–Trinajstić information content (AvgIpc) is 2.30. The molecule has 1 aromatic rings. The third-order valence-electron chi connectivity index (χ3n) is 2.04. The lowest BCUT2D eigenvalue weighted by atomic mass is 10.1. The summed E-state index contributed by atoms with van der Waals surface area (Å²) >= 11 is 0. The number of aliphatic imine (C=N–C) groups is 1. The number of phenolic OH excluding ortho intramolecular Hbond substituents is 1. The number of ether oxygens (including phenoxy) is 1. The molecular formula is C13H15NO3. The maximum Gasteiger partial charge on any atom is 0.337 e. The van der Waals surface area contributed by atoms with Crippen molar-refractivity contribution in [3.05, 3.63) is 41.5 Å². The molecule has 1 N–H and O–H groups in total. The van der Waals surface area contributed by atoms with Gasteiger partial charge in [0.2, 0.25) is 0 Å². The number of phenols is 1. The van der Waals surface area contributed by atoms with Crippen LogP contribution in [0.5, 0.6) is 5.75 Å². The summed E-state index contributed by atoms with van der Waals surface area (Å²) in [5.74, 6) is -0.373. The van der Waals surface area contributed by atoms with Gasteiger partial charge < -0.3 is 9.84 Å². The van der Waals surface area contributed by atoms with E-state index >= 15 is 0 Å². The summed E-state index contributed by atoms with van der Waals surface area (Å²) in [4.78, 5) is 15.4. The van der Waals surface area contributed by atoms with Gasteiger partial charge in [0.25, 0.3) is 0 Å². The summed E-state index contributed by atoms with van der Waals surface area (Å²) in [6.45, 7) is 6.07. The zero-order chi connectivity index (χ0) is 12.8. The lowest BCUT2D eigenvalue weighted by molar-refractivity contribution is 0.0600. The lowest BCUT2D eigenvalue weighted by Crippen LogP contribution is -2.01. The molecule has 0 unspecified atom stereocenters. The van der Waals surface area contributed by atoms with E-state index in [2.05, 4.69) is 16.3 Å². The zero-order valence-corrected chi connectivity index (χ0v) is 9.93. The van der Waals surface area contributed by atoms with Gasteiger partial charge in [0.15, 0.2) is 0 Å². The molecule has 17 heavy (non-hydrogen) atoms. The standard InChI is InChI=1S/C13H15NO3/c1-9(2)7-14-8-11-6-10(13(16)17-3)4-5-12(11)15/h4-6,8,15H,1,7H2,2-3H3. The van der Waals surface area contributed by atoms with Crippen molar-refractivity contribution in [1.82, 2.24) is 0 Å². The first-order valence-electron chi connectivity index (χ1n) is 5.10. The van der Waals surface area contributed by atoms with E-state index in [1.165, 1.54) is 31.5 Å². The maximum atomic E-state index is 11.3. The molecule has 0 atom stereocenters. The number of hydrogen-bond acceptors (Lipinski definition) is 4.